The van der Waals surface area contributed by atoms with Gasteiger partial charge in [0.25, 0.3) is 5.91 Å². The maximum Gasteiger partial charge on any atom is 0.335 e. The highest BCUT2D eigenvalue weighted by molar-refractivity contribution is 5.96. The van der Waals surface area contributed by atoms with Crippen LogP contribution in [0.5, 0.6) is 0 Å². The van der Waals surface area contributed by atoms with Crippen LogP contribution in [-0.2, 0) is 11.3 Å². The van der Waals surface area contributed by atoms with Gasteiger partial charge in [0, 0.05) is 12.7 Å². The van der Waals surface area contributed by atoms with E-state index in [0.29, 0.717) is 19.8 Å². The summed E-state index contributed by atoms with van der Waals surface area (Å²) in [6.07, 6.45) is 3.14. The molecule has 1 amide bonds. The van der Waals surface area contributed by atoms with Crippen molar-refractivity contribution in [1.29, 1.82) is 0 Å². The minimum atomic E-state index is -1.07. The number of aromatic carboxylic acids is 1. The third kappa shape index (κ3) is 4.22. The average Bonchev–Trinajstić information content (AvgIpc) is 3.10. The zero-order valence-corrected chi connectivity index (χ0v) is 13.8. The van der Waals surface area contributed by atoms with Gasteiger partial charge in [-0.25, -0.2) is 4.79 Å². The van der Waals surface area contributed by atoms with Gasteiger partial charge in [-0.15, -0.1) is 0 Å². The number of benzene rings is 1. The lowest BCUT2D eigenvalue weighted by Gasteiger charge is -2.24. The monoisotopic (exact) mass is 340 g/mol. The molecule has 1 aliphatic rings. The second-order valence-electron chi connectivity index (χ2n) is 6.03. The van der Waals surface area contributed by atoms with Crippen molar-refractivity contribution >= 4 is 11.9 Å². The number of ether oxygens (including phenoxy) is 1. The molecule has 6 nitrogen and oxygen atoms in total. The molecule has 1 aromatic carbocycles. The maximum absolute atomic E-state index is 12.7. The van der Waals surface area contributed by atoms with Crippen molar-refractivity contribution in [1.82, 2.24) is 9.88 Å². The molecule has 0 unspecified atom stereocenters. The first-order valence-corrected chi connectivity index (χ1v) is 8.27. The Morgan fingerprint density at radius 1 is 1.24 bits per heavy atom. The first kappa shape index (κ1) is 17.1. The van der Waals surface area contributed by atoms with E-state index in [9.17, 15) is 9.59 Å². The zero-order valence-electron chi connectivity index (χ0n) is 13.8. The highest BCUT2D eigenvalue weighted by Crippen LogP contribution is 2.20. The molecular formula is C19H20N2O4. The molecule has 1 aromatic heterocycles. The second kappa shape index (κ2) is 7.90. The van der Waals surface area contributed by atoms with Gasteiger partial charge >= 0.3 is 5.97 Å². The summed E-state index contributed by atoms with van der Waals surface area (Å²) in [4.78, 5) is 29.5. The van der Waals surface area contributed by atoms with Gasteiger partial charge in [-0.1, -0.05) is 30.3 Å². The highest BCUT2D eigenvalue weighted by atomic mass is 16.5. The van der Waals surface area contributed by atoms with Crippen LogP contribution in [0.1, 0.15) is 39.3 Å². The summed E-state index contributed by atoms with van der Waals surface area (Å²) in [5.41, 5.74) is 1.32. The van der Waals surface area contributed by atoms with Crippen molar-refractivity contribution in [2.24, 2.45) is 0 Å². The number of amides is 1. The summed E-state index contributed by atoms with van der Waals surface area (Å²) in [6.45, 7) is 1.60. The molecule has 130 valence electrons. The first-order valence-electron chi connectivity index (χ1n) is 8.27. The van der Waals surface area contributed by atoms with E-state index < -0.39 is 5.97 Å². The summed E-state index contributed by atoms with van der Waals surface area (Å²) in [5, 5.41) is 9.06. The van der Waals surface area contributed by atoms with Gasteiger partial charge in [0.1, 0.15) is 5.69 Å². The molecule has 0 spiro atoms. The first-order chi connectivity index (χ1) is 12.1. The number of rotatable bonds is 6. The standard InChI is InChI=1S/C19H20N2O4/c22-18(17-11-15(19(23)24)8-9-20-17)21-10-4-7-16(21)13-25-12-14-5-2-1-3-6-14/h1-3,5-6,8-9,11,16H,4,7,10,12-13H2,(H,23,24)/t16-/m1/s1. The Kier molecular flexibility index (Phi) is 5.40. The predicted molar refractivity (Wildman–Crippen MR) is 91.4 cm³/mol. The van der Waals surface area contributed by atoms with Crippen LogP contribution in [0.15, 0.2) is 48.7 Å². The summed E-state index contributed by atoms with van der Waals surface area (Å²) in [6, 6.07) is 12.6. The minimum Gasteiger partial charge on any atom is -0.478 e. The highest BCUT2D eigenvalue weighted by Gasteiger charge is 2.30. The molecule has 0 aliphatic carbocycles. The van der Waals surface area contributed by atoms with Gasteiger partial charge in [0.05, 0.1) is 24.8 Å². The quantitative estimate of drug-likeness (QED) is 0.874. The lowest BCUT2D eigenvalue weighted by atomic mass is 10.2. The van der Waals surface area contributed by atoms with E-state index in [1.165, 1.54) is 18.3 Å². The molecule has 6 heteroatoms. The number of pyridine rings is 1. The smallest absolute Gasteiger partial charge is 0.335 e. The third-order valence-electron chi connectivity index (χ3n) is 4.29. The fraction of sp³-hybridized carbons (Fsp3) is 0.316. The average molecular weight is 340 g/mol. The van der Waals surface area contributed by atoms with Gasteiger partial charge in [-0.3, -0.25) is 9.78 Å². The van der Waals surface area contributed by atoms with Crippen molar-refractivity contribution in [2.75, 3.05) is 13.2 Å². The lowest BCUT2D eigenvalue weighted by molar-refractivity contribution is 0.0493. The summed E-state index contributed by atoms with van der Waals surface area (Å²) >= 11 is 0. The number of carboxylic acids is 1. The Labute approximate surface area is 146 Å². The molecule has 3 rings (SSSR count). The normalized spacial score (nSPS) is 16.8. The number of hydrogen-bond donors (Lipinski definition) is 1. The number of carbonyl (C=O) groups excluding carboxylic acids is 1. The van der Waals surface area contributed by atoms with Crippen molar-refractivity contribution < 1.29 is 19.4 Å². The third-order valence-corrected chi connectivity index (χ3v) is 4.29. The van der Waals surface area contributed by atoms with Gasteiger partial charge in [0.2, 0.25) is 0 Å². The number of likely N-dealkylation sites (tertiary alicyclic amines) is 1. The lowest BCUT2D eigenvalue weighted by Crippen LogP contribution is -2.38. The maximum atomic E-state index is 12.7. The van der Waals surface area contributed by atoms with E-state index >= 15 is 0 Å². The number of nitrogens with zero attached hydrogens (tertiary/aromatic N) is 2. The van der Waals surface area contributed by atoms with E-state index in [1.807, 2.05) is 30.3 Å². The van der Waals surface area contributed by atoms with Crippen LogP contribution in [0.2, 0.25) is 0 Å². The van der Waals surface area contributed by atoms with Crippen molar-refractivity contribution in [3.8, 4) is 0 Å². The molecular weight excluding hydrogens is 320 g/mol. The van der Waals surface area contributed by atoms with Crippen LogP contribution in [0.25, 0.3) is 0 Å². The van der Waals surface area contributed by atoms with Gasteiger partial charge in [-0.2, -0.15) is 0 Å². The fourth-order valence-corrected chi connectivity index (χ4v) is 2.99. The SMILES string of the molecule is O=C(O)c1ccnc(C(=O)N2CCC[C@@H]2COCc2ccccc2)c1. The van der Waals surface area contributed by atoms with E-state index in [-0.39, 0.29) is 23.2 Å². The molecule has 2 heterocycles. The van der Waals surface area contributed by atoms with Crippen molar-refractivity contribution in [3.63, 3.8) is 0 Å². The van der Waals surface area contributed by atoms with Crippen molar-refractivity contribution in [2.45, 2.75) is 25.5 Å². The van der Waals surface area contributed by atoms with E-state index in [2.05, 4.69) is 4.98 Å². The molecule has 2 aromatic rings. The Balaban J connectivity index is 1.61. The molecule has 1 aliphatic heterocycles. The van der Waals surface area contributed by atoms with Crippen molar-refractivity contribution in [3.05, 3.63) is 65.5 Å². The minimum absolute atomic E-state index is 0.00787. The molecule has 1 fully saturated rings. The van der Waals surface area contributed by atoms with Gasteiger partial charge in [-0.05, 0) is 30.5 Å². The molecule has 1 saturated heterocycles. The fourth-order valence-electron chi connectivity index (χ4n) is 2.99. The molecule has 1 atom stereocenters. The Hall–Kier alpha value is -2.73. The van der Waals surface area contributed by atoms with Gasteiger partial charge in [0.15, 0.2) is 0 Å². The van der Waals surface area contributed by atoms with Crippen LogP contribution in [0.4, 0.5) is 0 Å². The molecule has 25 heavy (non-hydrogen) atoms. The second-order valence-corrected chi connectivity index (χ2v) is 6.03. The Bertz CT molecular complexity index is 748. The largest absolute Gasteiger partial charge is 0.478 e. The van der Waals surface area contributed by atoms with Crippen LogP contribution in [0.3, 0.4) is 0 Å². The Morgan fingerprint density at radius 2 is 2.04 bits per heavy atom. The van der Waals surface area contributed by atoms with Crippen LogP contribution < -0.4 is 0 Å². The van der Waals surface area contributed by atoms with Crippen LogP contribution in [0, 0.1) is 0 Å². The summed E-state index contributed by atoms with van der Waals surface area (Å²) < 4.78 is 5.77. The van der Waals surface area contributed by atoms with Gasteiger partial charge < -0.3 is 14.7 Å². The summed E-state index contributed by atoms with van der Waals surface area (Å²) in [5.74, 6) is -1.31. The number of hydrogen-bond acceptors (Lipinski definition) is 4. The van der Waals surface area contributed by atoms with E-state index in [1.54, 1.807) is 4.90 Å². The predicted octanol–water partition coefficient (Wildman–Crippen LogP) is 2.60. The zero-order chi connectivity index (χ0) is 17.6. The van der Waals surface area contributed by atoms with Crippen LogP contribution in [-0.4, -0.2) is 46.1 Å². The molecule has 0 saturated carbocycles. The summed E-state index contributed by atoms with van der Waals surface area (Å²) in [7, 11) is 0. The number of carboxylic acid groups (broad SMARTS) is 1. The van der Waals surface area contributed by atoms with Crippen LogP contribution >= 0.6 is 0 Å². The Morgan fingerprint density at radius 3 is 2.80 bits per heavy atom. The number of carbonyl (C=O) groups is 2. The molecule has 0 radical (unpaired) electrons. The number of aromatic nitrogens is 1. The van der Waals surface area contributed by atoms with E-state index in [0.717, 1.165) is 18.4 Å². The molecule has 0 bridgehead atoms. The van der Waals surface area contributed by atoms with E-state index in [4.69, 9.17) is 9.84 Å². The topological polar surface area (TPSA) is 79.7 Å². The molecule has 1 N–H and O–H groups in total.